The Morgan fingerprint density at radius 3 is 2.50 bits per heavy atom. The lowest BCUT2D eigenvalue weighted by Gasteiger charge is -2.11. The van der Waals surface area contributed by atoms with Crippen molar-refractivity contribution < 1.29 is 17.9 Å². The summed E-state index contributed by atoms with van der Waals surface area (Å²) in [5.41, 5.74) is 0.0912. The molecule has 0 unspecified atom stereocenters. The molecule has 20 heavy (non-hydrogen) atoms. The van der Waals surface area contributed by atoms with E-state index in [2.05, 4.69) is 20.9 Å². The number of nitrogens with zero attached hydrogens (tertiary/aromatic N) is 1. The molecule has 1 aromatic heterocycles. The summed E-state index contributed by atoms with van der Waals surface area (Å²) in [5.74, 6) is 0.342. The van der Waals surface area contributed by atoms with Crippen molar-refractivity contribution >= 4 is 27.5 Å². The van der Waals surface area contributed by atoms with Gasteiger partial charge in [-0.1, -0.05) is 17.7 Å². The summed E-state index contributed by atoms with van der Waals surface area (Å²) in [4.78, 5) is 3.61. The first-order chi connectivity index (χ1) is 9.27. The van der Waals surface area contributed by atoms with Gasteiger partial charge < -0.3 is 4.74 Å². The highest BCUT2D eigenvalue weighted by Gasteiger charge is 2.31. The number of aryl methyl sites for hydroxylation is 1. The molecule has 7 heteroatoms. The van der Waals surface area contributed by atoms with E-state index in [9.17, 15) is 13.2 Å². The number of halogens is 5. The molecule has 2 nitrogen and oxygen atoms in total. The second-order valence-electron chi connectivity index (χ2n) is 4.04. The largest absolute Gasteiger partial charge is 0.436 e. The molecule has 0 saturated heterocycles. The Morgan fingerprint density at radius 1 is 1.25 bits per heavy atom. The van der Waals surface area contributed by atoms with E-state index in [1.807, 2.05) is 13.0 Å². The zero-order valence-electron chi connectivity index (χ0n) is 10.1. The van der Waals surface area contributed by atoms with E-state index in [0.717, 1.165) is 11.6 Å². The smallest absolute Gasteiger partial charge is 0.417 e. The molecule has 0 aliphatic heterocycles. The van der Waals surface area contributed by atoms with Crippen molar-refractivity contribution in [1.82, 2.24) is 4.98 Å². The van der Waals surface area contributed by atoms with Gasteiger partial charge in [-0.15, -0.1) is 0 Å². The topological polar surface area (TPSA) is 22.1 Å². The number of hydrogen-bond acceptors (Lipinski definition) is 2. The summed E-state index contributed by atoms with van der Waals surface area (Å²) in [7, 11) is 0. The fourth-order valence-electron chi connectivity index (χ4n) is 1.45. The zero-order valence-corrected chi connectivity index (χ0v) is 12.5. The molecular formula is C13H8BrClF3NO. The fraction of sp³-hybridized carbons (Fsp3) is 0.154. The van der Waals surface area contributed by atoms with Gasteiger partial charge >= 0.3 is 6.18 Å². The van der Waals surface area contributed by atoms with Gasteiger partial charge in [-0.2, -0.15) is 13.2 Å². The number of aromatic nitrogens is 1. The van der Waals surface area contributed by atoms with Crippen LogP contribution >= 0.6 is 27.5 Å². The Balaban J connectivity index is 2.30. The quantitative estimate of drug-likeness (QED) is 0.688. The Kier molecular flexibility index (Phi) is 4.25. The minimum absolute atomic E-state index is 0.0794. The summed E-state index contributed by atoms with van der Waals surface area (Å²) in [6, 6.07) is 6.08. The van der Waals surface area contributed by atoms with Crippen molar-refractivity contribution in [2.45, 2.75) is 13.1 Å². The van der Waals surface area contributed by atoms with Gasteiger partial charge in [-0.25, -0.2) is 4.98 Å². The van der Waals surface area contributed by atoms with Crippen molar-refractivity contribution in [3.8, 4) is 11.6 Å². The molecule has 0 atom stereocenters. The number of hydrogen-bond donors (Lipinski definition) is 0. The van der Waals surface area contributed by atoms with Crippen LogP contribution in [-0.2, 0) is 6.18 Å². The van der Waals surface area contributed by atoms with Crippen LogP contribution < -0.4 is 4.74 Å². The highest BCUT2D eigenvalue weighted by atomic mass is 79.9. The third kappa shape index (κ3) is 3.43. The first-order valence-electron chi connectivity index (χ1n) is 5.44. The second kappa shape index (κ2) is 5.61. The van der Waals surface area contributed by atoms with E-state index in [0.29, 0.717) is 16.4 Å². The van der Waals surface area contributed by atoms with Crippen molar-refractivity contribution in [2.24, 2.45) is 0 Å². The van der Waals surface area contributed by atoms with Gasteiger partial charge in [0.2, 0.25) is 5.88 Å². The number of rotatable bonds is 2. The Hall–Kier alpha value is -1.27. The lowest BCUT2D eigenvalue weighted by atomic mass is 10.2. The summed E-state index contributed by atoms with van der Waals surface area (Å²) in [5, 5.41) is -0.202. The van der Waals surface area contributed by atoms with Gasteiger partial charge in [0.25, 0.3) is 0 Å². The van der Waals surface area contributed by atoms with E-state index in [1.165, 1.54) is 0 Å². The summed E-state index contributed by atoms with van der Waals surface area (Å²) in [6.07, 6.45) is -3.80. The molecule has 0 bridgehead atoms. The molecule has 0 saturated carbocycles. The van der Waals surface area contributed by atoms with Gasteiger partial charge in [-0.05, 0) is 46.6 Å². The minimum Gasteiger partial charge on any atom is -0.436 e. The van der Waals surface area contributed by atoms with Gasteiger partial charge in [0.1, 0.15) is 10.8 Å². The average Bonchev–Trinajstić information content (AvgIpc) is 2.33. The number of ether oxygens (including phenoxy) is 1. The van der Waals surface area contributed by atoms with Crippen molar-refractivity contribution in [3.63, 3.8) is 0 Å². The van der Waals surface area contributed by atoms with E-state index in [4.69, 9.17) is 16.3 Å². The normalized spacial score (nSPS) is 11.5. The van der Waals surface area contributed by atoms with E-state index in [1.54, 1.807) is 12.1 Å². The first-order valence-corrected chi connectivity index (χ1v) is 6.61. The fourth-order valence-corrected chi connectivity index (χ4v) is 2.23. The SMILES string of the molecule is Cc1ccc(Oc2ncc(C(F)(F)F)cc2Cl)c(Br)c1. The molecule has 0 aliphatic carbocycles. The summed E-state index contributed by atoms with van der Waals surface area (Å²) in [6.45, 7) is 1.90. The predicted octanol–water partition coefficient (Wildman–Crippen LogP) is 5.62. The van der Waals surface area contributed by atoms with Crippen LogP contribution in [0.1, 0.15) is 11.1 Å². The summed E-state index contributed by atoms with van der Waals surface area (Å²) < 4.78 is 43.5. The highest BCUT2D eigenvalue weighted by Crippen LogP contribution is 2.36. The van der Waals surface area contributed by atoms with Crippen molar-refractivity contribution in [1.29, 1.82) is 0 Å². The predicted molar refractivity (Wildman–Crippen MR) is 73.2 cm³/mol. The maximum Gasteiger partial charge on any atom is 0.417 e. The van der Waals surface area contributed by atoms with Crippen LogP contribution in [0.25, 0.3) is 0 Å². The Morgan fingerprint density at radius 2 is 1.95 bits per heavy atom. The van der Waals surface area contributed by atoms with Gasteiger partial charge in [0.05, 0.1) is 10.0 Å². The standard InChI is InChI=1S/C13H8BrClF3NO/c1-7-2-3-11(9(14)4-7)20-12-10(15)5-8(6-19-12)13(16,17)18/h2-6H,1H3. The van der Waals surface area contributed by atoms with Crippen molar-refractivity contribution in [3.05, 3.63) is 51.1 Å². The van der Waals surface area contributed by atoms with E-state index < -0.39 is 11.7 Å². The lowest BCUT2D eigenvalue weighted by molar-refractivity contribution is -0.137. The highest BCUT2D eigenvalue weighted by molar-refractivity contribution is 9.10. The molecule has 0 fully saturated rings. The Bertz CT molecular complexity index is 646. The van der Waals surface area contributed by atoms with Crippen LogP contribution in [0, 0.1) is 6.92 Å². The number of benzene rings is 1. The van der Waals surface area contributed by atoms with Gasteiger partial charge in [0.15, 0.2) is 0 Å². The van der Waals surface area contributed by atoms with Crippen LogP contribution in [0.5, 0.6) is 11.6 Å². The van der Waals surface area contributed by atoms with Gasteiger partial charge in [0, 0.05) is 6.20 Å². The molecule has 0 N–H and O–H groups in total. The van der Waals surface area contributed by atoms with Crippen LogP contribution in [0.15, 0.2) is 34.9 Å². The molecule has 2 aromatic rings. The molecule has 0 radical (unpaired) electrons. The average molecular weight is 367 g/mol. The second-order valence-corrected chi connectivity index (χ2v) is 5.31. The monoisotopic (exact) mass is 365 g/mol. The maximum atomic E-state index is 12.5. The molecule has 1 aromatic carbocycles. The van der Waals surface area contributed by atoms with E-state index in [-0.39, 0.29) is 10.9 Å². The molecule has 0 aliphatic rings. The van der Waals surface area contributed by atoms with E-state index >= 15 is 0 Å². The zero-order chi connectivity index (χ0) is 14.9. The molecule has 0 amide bonds. The van der Waals surface area contributed by atoms with Gasteiger partial charge in [-0.3, -0.25) is 0 Å². The molecule has 1 heterocycles. The Labute approximate surface area is 126 Å². The molecule has 106 valence electrons. The van der Waals surface area contributed by atoms with Crippen LogP contribution in [-0.4, -0.2) is 4.98 Å². The molecule has 2 rings (SSSR count). The minimum atomic E-state index is -4.49. The third-order valence-electron chi connectivity index (χ3n) is 2.43. The molecule has 0 spiro atoms. The van der Waals surface area contributed by atoms with Crippen molar-refractivity contribution in [2.75, 3.05) is 0 Å². The number of pyridine rings is 1. The number of alkyl halides is 3. The van der Waals surface area contributed by atoms with Crippen LogP contribution in [0.4, 0.5) is 13.2 Å². The molecular weight excluding hydrogens is 358 g/mol. The first kappa shape index (κ1) is 15.1. The third-order valence-corrected chi connectivity index (χ3v) is 3.32. The van der Waals surface area contributed by atoms with Crippen LogP contribution in [0.3, 0.4) is 0 Å². The maximum absolute atomic E-state index is 12.5. The van der Waals surface area contributed by atoms with Crippen LogP contribution in [0.2, 0.25) is 5.02 Å². The lowest BCUT2D eigenvalue weighted by Crippen LogP contribution is -2.05. The summed E-state index contributed by atoms with van der Waals surface area (Å²) >= 11 is 9.07.